The van der Waals surface area contributed by atoms with Crippen LogP contribution in [0.15, 0.2) is 18.3 Å². The molecule has 2 saturated carbocycles. The lowest BCUT2D eigenvalue weighted by molar-refractivity contribution is -0.000416. The first kappa shape index (κ1) is 25.7. The van der Waals surface area contributed by atoms with Gasteiger partial charge in [0, 0.05) is 24.2 Å². The smallest absolute Gasteiger partial charge is 0.224 e. The van der Waals surface area contributed by atoms with Gasteiger partial charge in [0.25, 0.3) is 0 Å². The molecule has 0 amide bonds. The van der Waals surface area contributed by atoms with Gasteiger partial charge in [-0.2, -0.15) is 4.98 Å². The fourth-order valence-electron chi connectivity index (χ4n) is 5.61. The zero-order valence-electron chi connectivity index (χ0n) is 21.0. The van der Waals surface area contributed by atoms with Gasteiger partial charge in [-0.25, -0.2) is 23.1 Å². The fourth-order valence-corrected chi connectivity index (χ4v) is 5.61. The predicted octanol–water partition coefficient (Wildman–Crippen LogP) is 5.20. The van der Waals surface area contributed by atoms with E-state index in [1.807, 2.05) is 18.4 Å². The van der Waals surface area contributed by atoms with Gasteiger partial charge in [0.15, 0.2) is 17.3 Å². The number of hydrogen-bond acceptors (Lipinski definition) is 7. The van der Waals surface area contributed by atoms with Crippen LogP contribution in [-0.2, 0) is 0 Å². The Balaban J connectivity index is 1.45. The Morgan fingerprint density at radius 3 is 2.22 bits per heavy atom. The SMILES string of the molecule is CC(C)(O)[C@H]1CC[C@H](Nc2ncc3nc(Nc4c(F)cc(F)cc4F)n(C4CCC(O)CC4)c3n2)CC1. The summed E-state index contributed by atoms with van der Waals surface area (Å²) in [6.45, 7) is 3.70. The molecular weight excluding hydrogens is 485 g/mol. The van der Waals surface area contributed by atoms with E-state index in [1.165, 1.54) is 0 Å². The van der Waals surface area contributed by atoms with Crippen LogP contribution in [-0.4, -0.2) is 47.5 Å². The lowest BCUT2D eigenvalue weighted by Gasteiger charge is -2.36. The van der Waals surface area contributed by atoms with E-state index >= 15 is 0 Å². The second kappa shape index (κ2) is 10.1. The van der Waals surface area contributed by atoms with E-state index in [4.69, 9.17) is 4.98 Å². The molecule has 2 aliphatic carbocycles. The van der Waals surface area contributed by atoms with E-state index in [2.05, 4.69) is 20.6 Å². The standard InChI is InChI=1S/C26H33F3N6O2/c1-26(2,37)14-3-5-16(6-4-14)31-24-30-13-21-23(34-24)35(17-7-9-18(36)10-8-17)25(32-21)33-22-19(28)11-15(27)12-20(22)29/h11-14,16-18,36-37H,3-10H2,1-2H3,(H,32,33)(H,30,31,34)/t14-,16-,17?,18?. The number of aliphatic hydroxyl groups excluding tert-OH is 1. The number of benzene rings is 1. The predicted molar refractivity (Wildman–Crippen MR) is 134 cm³/mol. The van der Waals surface area contributed by atoms with Gasteiger partial charge in [0.2, 0.25) is 11.9 Å². The largest absolute Gasteiger partial charge is 0.393 e. The molecule has 8 nitrogen and oxygen atoms in total. The number of fused-ring (bicyclic) bond motifs is 1. The summed E-state index contributed by atoms with van der Waals surface area (Å²) in [7, 11) is 0. The summed E-state index contributed by atoms with van der Waals surface area (Å²) in [5, 5.41) is 26.4. The summed E-state index contributed by atoms with van der Waals surface area (Å²) >= 11 is 0. The first-order chi connectivity index (χ1) is 17.6. The number of nitrogens with zero attached hydrogens (tertiary/aromatic N) is 4. The van der Waals surface area contributed by atoms with Gasteiger partial charge in [-0.3, -0.25) is 4.57 Å². The molecule has 2 aliphatic rings. The molecule has 2 heterocycles. The monoisotopic (exact) mass is 518 g/mol. The van der Waals surface area contributed by atoms with Crippen LogP contribution in [0.5, 0.6) is 0 Å². The van der Waals surface area contributed by atoms with Gasteiger partial charge in [-0.15, -0.1) is 0 Å². The van der Waals surface area contributed by atoms with E-state index in [9.17, 15) is 23.4 Å². The van der Waals surface area contributed by atoms with Crippen molar-refractivity contribution >= 4 is 28.7 Å². The minimum absolute atomic E-state index is 0.104. The molecule has 0 atom stereocenters. The van der Waals surface area contributed by atoms with Crippen LogP contribution in [0.3, 0.4) is 0 Å². The molecule has 11 heteroatoms. The second-order valence-electron chi connectivity index (χ2n) is 10.9. The first-order valence-corrected chi connectivity index (χ1v) is 12.9. The summed E-state index contributed by atoms with van der Waals surface area (Å²) in [5.74, 6) is -2.28. The van der Waals surface area contributed by atoms with E-state index in [-0.39, 0.29) is 30.1 Å². The van der Waals surface area contributed by atoms with Crippen molar-refractivity contribution in [3.05, 3.63) is 35.8 Å². The van der Waals surface area contributed by atoms with Crippen LogP contribution < -0.4 is 10.6 Å². The Kier molecular flexibility index (Phi) is 7.01. The van der Waals surface area contributed by atoms with E-state index in [1.54, 1.807) is 6.20 Å². The molecule has 37 heavy (non-hydrogen) atoms. The highest BCUT2D eigenvalue weighted by molar-refractivity contribution is 5.76. The summed E-state index contributed by atoms with van der Waals surface area (Å²) in [5.41, 5.74) is -0.237. The number of aromatic nitrogens is 4. The summed E-state index contributed by atoms with van der Waals surface area (Å²) < 4.78 is 44.1. The highest BCUT2D eigenvalue weighted by Gasteiger charge is 2.32. The number of imidazole rings is 1. The third-order valence-electron chi connectivity index (χ3n) is 7.77. The van der Waals surface area contributed by atoms with Crippen molar-refractivity contribution in [2.24, 2.45) is 5.92 Å². The van der Waals surface area contributed by atoms with Crippen LogP contribution in [0.25, 0.3) is 11.2 Å². The fraction of sp³-hybridized carbons (Fsp3) is 0.577. The van der Waals surface area contributed by atoms with Crippen molar-refractivity contribution in [2.45, 2.75) is 89.0 Å². The van der Waals surface area contributed by atoms with Crippen molar-refractivity contribution in [2.75, 3.05) is 10.6 Å². The number of anilines is 3. The maximum atomic E-state index is 14.4. The summed E-state index contributed by atoms with van der Waals surface area (Å²) in [4.78, 5) is 13.7. The molecule has 0 saturated heterocycles. The highest BCUT2D eigenvalue weighted by atomic mass is 19.1. The lowest BCUT2D eigenvalue weighted by Crippen LogP contribution is -2.37. The number of hydrogen-bond donors (Lipinski definition) is 4. The lowest BCUT2D eigenvalue weighted by atomic mass is 9.77. The maximum absolute atomic E-state index is 14.4. The topological polar surface area (TPSA) is 108 Å². The molecule has 1 aromatic carbocycles. The molecule has 0 radical (unpaired) electrons. The minimum atomic E-state index is -1.06. The molecule has 0 unspecified atom stereocenters. The Hall–Kier alpha value is -2.92. The highest BCUT2D eigenvalue weighted by Crippen LogP contribution is 2.37. The Morgan fingerprint density at radius 2 is 1.59 bits per heavy atom. The van der Waals surface area contributed by atoms with Gasteiger partial charge < -0.3 is 20.8 Å². The van der Waals surface area contributed by atoms with Gasteiger partial charge in [0.1, 0.15) is 17.0 Å². The average Bonchev–Trinajstić information content (AvgIpc) is 3.19. The second-order valence-corrected chi connectivity index (χ2v) is 10.9. The van der Waals surface area contributed by atoms with Crippen molar-refractivity contribution in [3.8, 4) is 0 Å². The molecule has 5 rings (SSSR count). The van der Waals surface area contributed by atoms with Gasteiger partial charge in [-0.05, 0) is 71.1 Å². The van der Waals surface area contributed by atoms with Crippen molar-refractivity contribution in [1.82, 2.24) is 19.5 Å². The normalized spacial score (nSPS) is 24.8. The number of nitrogens with one attached hydrogen (secondary N) is 2. The molecular formula is C26H33F3N6O2. The Bertz CT molecular complexity index is 1240. The van der Waals surface area contributed by atoms with Crippen molar-refractivity contribution < 1.29 is 23.4 Å². The van der Waals surface area contributed by atoms with Crippen LogP contribution in [0, 0.1) is 23.4 Å². The summed E-state index contributed by atoms with van der Waals surface area (Å²) in [6, 6.07) is 1.29. The molecule has 0 bridgehead atoms. The third-order valence-corrected chi connectivity index (χ3v) is 7.77. The number of rotatable bonds is 6. The quantitative estimate of drug-likeness (QED) is 0.355. The van der Waals surface area contributed by atoms with Crippen molar-refractivity contribution in [1.29, 1.82) is 0 Å². The Morgan fingerprint density at radius 1 is 0.946 bits per heavy atom. The molecule has 0 spiro atoms. The van der Waals surface area contributed by atoms with Gasteiger partial charge in [0.05, 0.1) is 17.9 Å². The number of halogens is 3. The zero-order valence-corrected chi connectivity index (χ0v) is 21.0. The molecule has 3 aromatic rings. The van der Waals surface area contributed by atoms with Crippen LogP contribution in [0.2, 0.25) is 0 Å². The molecule has 2 aromatic heterocycles. The third kappa shape index (κ3) is 5.52. The zero-order chi connectivity index (χ0) is 26.3. The van der Waals surface area contributed by atoms with Crippen molar-refractivity contribution in [3.63, 3.8) is 0 Å². The molecule has 2 fully saturated rings. The van der Waals surface area contributed by atoms with E-state index < -0.39 is 28.7 Å². The maximum Gasteiger partial charge on any atom is 0.224 e. The van der Waals surface area contributed by atoms with E-state index in [0.717, 1.165) is 25.7 Å². The van der Waals surface area contributed by atoms with Gasteiger partial charge in [-0.1, -0.05) is 0 Å². The van der Waals surface area contributed by atoms with E-state index in [0.29, 0.717) is 54.9 Å². The molecule has 200 valence electrons. The molecule has 4 N–H and O–H groups in total. The number of aliphatic hydroxyl groups is 2. The summed E-state index contributed by atoms with van der Waals surface area (Å²) in [6.07, 6.45) is 7.20. The van der Waals surface area contributed by atoms with Crippen LogP contribution in [0.4, 0.5) is 30.8 Å². The van der Waals surface area contributed by atoms with Gasteiger partial charge >= 0.3 is 0 Å². The Labute approximate surface area is 213 Å². The first-order valence-electron chi connectivity index (χ1n) is 12.9. The minimum Gasteiger partial charge on any atom is -0.393 e. The van der Waals surface area contributed by atoms with Crippen LogP contribution >= 0.6 is 0 Å². The average molecular weight is 519 g/mol. The van der Waals surface area contributed by atoms with Crippen LogP contribution in [0.1, 0.15) is 71.3 Å². The molecule has 0 aliphatic heterocycles.